The summed E-state index contributed by atoms with van der Waals surface area (Å²) in [6, 6.07) is 1.94. The van der Waals surface area contributed by atoms with Crippen molar-refractivity contribution in [2.45, 2.75) is 33.9 Å². The molecule has 2 aromatic rings. The van der Waals surface area contributed by atoms with Crippen LogP contribution in [-0.2, 0) is 13.1 Å². The molecule has 0 unspecified atom stereocenters. The van der Waals surface area contributed by atoms with Crippen LogP contribution < -0.4 is 5.32 Å². The summed E-state index contributed by atoms with van der Waals surface area (Å²) in [6.45, 7) is 7.40. The summed E-state index contributed by atoms with van der Waals surface area (Å²) in [4.78, 5) is 8.62. The molecule has 17 heavy (non-hydrogen) atoms. The van der Waals surface area contributed by atoms with E-state index < -0.39 is 0 Å². The average Bonchev–Trinajstić information content (AvgIpc) is 2.72. The summed E-state index contributed by atoms with van der Waals surface area (Å²) in [5.74, 6) is 1.52. The molecule has 90 valence electrons. The Morgan fingerprint density at radius 3 is 2.59 bits per heavy atom. The molecule has 0 amide bonds. The molecule has 0 radical (unpaired) electrons. The first-order valence-corrected chi connectivity index (χ1v) is 5.62. The van der Waals surface area contributed by atoms with Crippen LogP contribution in [0.4, 0.5) is 5.95 Å². The van der Waals surface area contributed by atoms with Crippen LogP contribution in [0.1, 0.15) is 24.1 Å². The zero-order valence-corrected chi connectivity index (χ0v) is 10.3. The van der Waals surface area contributed by atoms with Gasteiger partial charge in [0.1, 0.15) is 6.33 Å². The van der Waals surface area contributed by atoms with E-state index in [4.69, 9.17) is 0 Å². The fourth-order valence-corrected chi connectivity index (χ4v) is 1.64. The first kappa shape index (κ1) is 11.5. The van der Waals surface area contributed by atoms with Gasteiger partial charge in [0.25, 0.3) is 0 Å². The quantitative estimate of drug-likeness (QED) is 0.861. The van der Waals surface area contributed by atoms with Gasteiger partial charge in [-0.15, -0.1) is 10.2 Å². The molecule has 0 saturated carbocycles. The highest BCUT2D eigenvalue weighted by molar-refractivity contribution is 5.27. The molecular weight excluding hydrogens is 216 g/mol. The van der Waals surface area contributed by atoms with Crippen molar-refractivity contribution in [3.8, 4) is 0 Å². The summed E-state index contributed by atoms with van der Waals surface area (Å²) in [6.07, 6.45) is 1.72. The summed E-state index contributed by atoms with van der Waals surface area (Å²) < 4.78 is 1.98. The Kier molecular flexibility index (Phi) is 3.32. The fraction of sp³-hybridized carbons (Fsp3) is 0.455. The topological polar surface area (TPSA) is 68.5 Å². The molecule has 6 heteroatoms. The Morgan fingerprint density at radius 2 is 1.94 bits per heavy atom. The molecule has 0 aliphatic rings. The molecule has 2 aromatic heterocycles. The number of anilines is 1. The van der Waals surface area contributed by atoms with E-state index in [9.17, 15) is 0 Å². The smallest absolute Gasteiger partial charge is 0.223 e. The number of aromatic nitrogens is 5. The highest BCUT2D eigenvalue weighted by Crippen LogP contribution is 2.05. The summed E-state index contributed by atoms with van der Waals surface area (Å²) in [5, 5.41) is 11.1. The highest BCUT2D eigenvalue weighted by atomic mass is 15.3. The van der Waals surface area contributed by atoms with Gasteiger partial charge in [-0.1, -0.05) is 0 Å². The predicted molar refractivity (Wildman–Crippen MR) is 64.5 cm³/mol. The van der Waals surface area contributed by atoms with Gasteiger partial charge in [0.05, 0.1) is 6.54 Å². The molecule has 1 N–H and O–H groups in total. The lowest BCUT2D eigenvalue weighted by atomic mass is 10.4. The Bertz CT molecular complexity index is 484. The molecule has 0 aromatic carbocycles. The van der Waals surface area contributed by atoms with Gasteiger partial charge in [-0.3, -0.25) is 0 Å². The van der Waals surface area contributed by atoms with E-state index in [2.05, 4.69) is 32.4 Å². The van der Waals surface area contributed by atoms with Crippen LogP contribution in [0, 0.1) is 13.8 Å². The maximum atomic E-state index is 4.31. The van der Waals surface area contributed by atoms with E-state index in [0.29, 0.717) is 12.5 Å². The van der Waals surface area contributed by atoms with Gasteiger partial charge in [-0.05, 0) is 26.8 Å². The molecule has 0 saturated heterocycles. The van der Waals surface area contributed by atoms with Crippen molar-refractivity contribution in [3.63, 3.8) is 0 Å². The molecule has 0 atom stereocenters. The normalized spacial score (nSPS) is 10.5. The van der Waals surface area contributed by atoms with Gasteiger partial charge in [0.15, 0.2) is 5.82 Å². The minimum Gasteiger partial charge on any atom is -0.347 e. The molecule has 2 rings (SSSR count). The SMILES string of the molecule is CCn1cnnc1CNc1nc(C)cc(C)n1. The molecular formula is C11H16N6. The largest absolute Gasteiger partial charge is 0.347 e. The van der Waals surface area contributed by atoms with Crippen molar-refractivity contribution < 1.29 is 0 Å². The highest BCUT2D eigenvalue weighted by Gasteiger charge is 2.04. The molecule has 0 fully saturated rings. The van der Waals surface area contributed by atoms with Crippen LogP contribution in [0.15, 0.2) is 12.4 Å². The van der Waals surface area contributed by atoms with Gasteiger partial charge in [0.2, 0.25) is 5.95 Å². The Labute approximate surface area is 100 Å². The maximum Gasteiger partial charge on any atom is 0.223 e. The molecule has 0 aliphatic heterocycles. The molecule has 0 aliphatic carbocycles. The lowest BCUT2D eigenvalue weighted by Crippen LogP contribution is -2.10. The Balaban J connectivity index is 2.07. The van der Waals surface area contributed by atoms with Crippen molar-refractivity contribution in [1.82, 2.24) is 24.7 Å². The van der Waals surface area contributed by atoms with E-state index in [-0.39, 0.29) is 0 Å². The van der Waals surface area contributed by atoms with Gasteiger partial charge >= 0.3 is 0 Å². The first-order chi connectivity index (χ1) is 8.19. The second-order valence-electron chi connectivity index (χ2n) is 3.86. The van der Waals surface area contributed by atoms with Crippen LogP contribution in [0.5, 0.6) is 0 Å². The zero-order chi connectivity index (χ0) is 12.3. The summed E-state index contributed by atoms with van der Waals surface area (Å²) in [7, 11) is 0. The van der Waals surface area contributed by atoms with Crippen LogP contribution >= 0.6 is 0 Å². The van der Waals surface area contributed by atoms with Crippen molar-refractivity contribution in [3.05, 3.63) is 29.6 Å². The number of aryl methyl sites for hydroxylation is 3. The van der Waals surface area contributed by atoms with Crippen molar-refractivity contribution in [1.29, 1.82) is 0 Å². The third kappa shape index (κ3) is 2.77. The number of rotatable bonds is 4. The van der Waals surface area contributed by atoms with Crippen molar-refractivity contribution >= 4 is 5.95 Å². The monoisotopic (exact) mass is 232 g/mol. The second kappa shape index (κ2) is 4.90. The predicted octanol–water partition coefficient (Wildman–Crippen LogP) is 1.32. The van der Waals surface area contributed by atoms with E-state index in [0.717, 1.165) is 23.8 Å². The zero-order valence-electron chi connectivity index (χ0n) is 10.3. The van der Waals surface area contributed by atoms with E-state index >= 15 is 0 Å². The van der Waals surface area contributed by atoms with Gasteiger partial charge in [-0.25, -0.2) is 9.97 Å². The lowest BCUT2D eigenvalue weighted by Gasteiger charge is -2.06. The molecule has 0 bridgehead atoms. The van der Waals surface area contributed by atoms with Gasteiger partial charge in [0, 0.05) is 17.9 Å². The van der Waals surface area contributed by atoms with E-state index in [1.807, 2.05) is 24.5 Å². The maximum absolute atomic E-state index is 4.31. The van der Waals surface area contributed by atoms with Crippen LogP contribution in [0.2, 0.25) is 0 Å². The van der Waals surface area contributed by atoms with Crippen LogP contribution in [-0.4, -0.2) is 24.7 Å². The standard InChI is InChI=1S/C11H16N6/c1-4-17-7-13-16-10(17)6-12-11-14-8(2)5-9(3)15-11/h5,7H,4,6H2,1-3H3,(H,12,14,15). The van der Waals surface area contributed by atoms with Crippen molar-refractivity contribution in [2.75, 3.05) is 5.32 Å². The van der Waals surface area contributed by atoms with Crippen LogP contribution in [0.25, 0.3) is 0 Å². The number of nitrogens with zero attached hydrogens (tertiary/aromatic N) is 5. The minimum atomic E-state index is 0.580. The first-order valence-electron chi connectivity index (χ1n) is 5.62. The third-order valence-corrected chi connectivity index (χ3v) is 2.42. The lowest BCUT2D eigenvalue weighted by molar-refractivity contribution is 0.706. The minimum absolute atomic E-state index is 0.580. The van der Waals surface area contributed by atoms with Crippen molar-refractivity contribution in [2.24, 2.45) is 0 Å². The molecule has 6 nitrogen and oxygen atoms in total. The van der Waals surface area contributed by atoms with E-state index in [1.54, 1.807) is 6.33 Å². The fourth-order valence-electron chi connectivity index (χ4n) is 1.64. The average molecular weight is 232 g/mol. The third-order valence-electron chi connectivity index (χ3n) is 2.42. The van der Waals surface area contributed by atoms with Crippen LogP contribution in [0.3, 0.4) is 0 Å². The number of nitrogens with one attached hydrogen (secondary N) is 1. The summed E-state index contributed by atoms with van der Waals surface area (Å²) in [5.41, 5.74) is 1.91. The number of hydrogen-bond donors (Lipinski definition) is 1. The van der Waals surface area contributed by atoms with E-state index in [1.165, 1.54) is 0 Å². The summed E-state index contributed by atoms with van der Waals surface area (Å²) >= 11 is 0. The molecule has 0 spiro atoms. The number of hydrogen-bond acceptors (Lipinski definition) is 5. The molecule has 2 heterocycles. The van der Waals surface area contributed by atoms with Gasteiger partial charge in [-0.2, -0.15) is 0 Å². The Morgan fingerprint density at radius 1 is 1.24 bits per heavy atom. The Hall–Kier alpha value is -1.98. The van der Waals surface area contributed by atoms with Gasteiger partial charge < -0.3 is 9.88 Å². The second-order valence-corrected chi connectivity index (χ2v) is 3.86.